The second-order valence-corrected chi connectivity index (χ2v) is 8.31. The SMILES string of the molecule is CC(C)(Sc1ccc(Cl)cc1)C(=O)NCCc1c(F)cccc1Cl. The standard InChI is InChI=1S/C18H18Cl2FNOS/c1-18(2,24-13-8-6-12(19)7-9-13)17(23)22-11-10-14-15(20)4-3-5-16(14)21/h3-9H,10-11H2,1-2H3,(H,22,23). The summed E-state index contributed by atoms with van der Waals surface area (Å²) in [6.45, 7) is 4.01. The fourth-order valence-corrected chi connectivity index (χ4v) is 3.54. The quantitative estimate of drug-likeness (QED) is 0.677. The maximum atomic E-state index is 13.7. The summed E-state index contributed by atoms with van der Waals surface area (Å²) in [4.78, 5) is 13.4. The van der Waals surface area contributed by atoms with Crippen molar-refractivity contribution in [1.29, 1.82) is 0 Å². The number of carbonyl (C=O) groups excluding carboxylic acids is 1. The zero-order valence-corrected chi connectivity index (χ0v) is 15.7. The summed E-state index contributed by atoms with van der Waals surface area (Å²) in [6, 6.07) is 11.9. The predicted octanol–water partition coefficient (Wildman–Crippen LogP) is 5.36. The first-order valence-electron chi connectivity index (χ1n) is 7.45. The lowest BCUT2D eigenvalue weighted by Crippen LogP contribution is -2.40. The molecule has 2 aromatic rings. The number of carbonyl (C=O) groups is 1. The first-order chi connectivity index (χ1) is 11.3. The van der Waals surface area contributed by atoms with E-state index in [2.05, 4.69) is 5.32 Å². The van der Waals surface area contributed by atoms with Gasteiger partial charge in [0.05, 0.1) is 4.75 Å². The minimum atomic E-state index is -0.660. The van der Waals surface area contributed by atoms with Crippen molar-refractivity contribution in [1.82, 2.24) is 5.32 Å². The van der Waals surface area contributed by atoms with Crippen LogP contribution in [-0.4, -0.2) is 17.2 Å². The molecule has 0 atom stereocenters. The van der Waals surface area contributed by atoms with E-state index in [1.54, 1.807) is 24.3 Å². The topological polar surface area (TPSA) is 29.1 Å². The van der Waals surface area contributed by atoms with Gasteiger partial charge in [0.1, 0.15) is 5.82 Å². The minimum Gasteiger partial charge on any atom is -0.355 e. The first-order valence-corrected chi connectivity index (χ1v) is 9.02. The molecule has 2 nitrogen and oxygen atoms in total. The fraction of sp³-hybridized carbons (Fsp3) is 0.278. The molecule has 0 unspecified atom stereocenters. The van der Waals surface area contributed by atoms with E-state index in [1.807, 2.05) is 26.0 Å². The molecule has 0 radical (unpaired) electrons. The Morgan fingerprint density at radius 3 is 2.46 bits per heavy atom. The van der Waals surface area contributed by atoms with E-state index < -0.39 is 4.75 Å². The maximum Gasteiger partial charge on any atom is 0.236 e. The highest BCUT2D eigenvalue weighted by Gasteiger charge is 2.28. The van der Waals surface area contributed by atoms with E-state index in [0.29, 0.717) is 28.6 Å². The highest BCUT2D eigenvalue weighted by molar-refractivity contribution is 8.01. The van der Waals surface area contributed by atoms with Crippen LogP contribution in [0.15, 0.2) is 47.4 Å². The summed E-state index contributed by atoms with van der Waals surface area (Å²) in [5.41, 5.74) is 0.419. The van der Waals surface area contributed by atoms with E-state index >= 15 is 0 Å². The van der Waals surface area contributed by atoms with Crippen LogP contribution in [0, 0.1) is 5.82 Å². The summed E-state index contributed by atoms with van der Waals surface area (Å²) in [5.74, 6) is -0.471. The molecule has 0 aliphatic carbocycles. The van der Waals surface area contributed by atoms with Crippen molar-refractivity contribution in [2.24, 2.45) is 0 Å². The Kier molecular flexibility index (Phi) is 6.55. The lowest BCUT2D eigenvalue weighted by atomic mass is 10.1. The molecular weight excluding hydrogens is 368 g/mol. The molecule has 0 bridgehead atoms. The van der Waals surface area contributed by atoms with Gasteiger partial charge >= 0.3 is 0 Å². The number of nitrogens with one attached hydrogen (secondary N) is 1. The molecule has 0 fully saturated rings. The van der Waals surface area contributed by atoms with E-state index in [4.69, 9.17) is 23.2 Å². The number of thioether (sulfide) groups is 1. The van der Waals surface area contributed by atoms with Crippen LogP contribution in [0.5, 0.6) is 0 Å². The predicted molar refractivity (Wildman–Crippen MR) is 99.5 cm³/mol. The van der Waals surface area contributed by atoms with Gasteiger partial charge in [-0.1, -0.05) is 29.3 Å². The van der Waals surface area contributed by atoms with Crippen LogP contribution < -0.4 is 5.32 Å². The van der Waals surface area contributed by atoms with E-state index in [0.717, 1.165) is 4.90 Å². The van der Waals surface area contributed by atoms with E-state index in [1.165, 1.54) is 17.8 Å². The second kappa shape index (κ2) is 8.24. The lowest BCUT2D eigenvalue weighted by Gasteiger charge is -2.23. The molecule has 0 aromatic heterocycles. The molecule has 0 saturated carbocycles. The molecule has 1 amide bonds. The van der Waals surface area contributed by atoms with Gasteiger partial charge in [0.15, 0.2) is 0 Å². The van der Waals surface area contributed by atoms with Crippen LogP contribution in [0.3, 0.4) is 0 Å². The molecule has 128 valence electrons. The van der Waals surface area contributed by atoms with Gasteiger partial charge in [-0.3, -0.25) is 4.79 Å². The molecule has 0 heterocycles. The normalized spacial score (nSPS) is 11.4. The third-order valence-corrected chi connectivity index (χ3v) is 5.27. The van der Waals surface area contributed by atoms with Crippen molar-refractivity contribution in [3.05, 3.63) is 63.9 Å². The van der Waals surface area contributed by atoms with Crippen molar-refractivity contribution in [2.45, 2.75) is 29.9 Å². The second-order valence-electron chi connectivity index (χ2n) is 5.77. The van der Waals surface area contributed by atoms with Gasteiger partial charge < -0.3 is 5.32 Å². The number of halogens is 3. The highest BCUT2D eigenvalue weighted by atomic mass is 35.5. The number of hydrogen-bond donors (Lipinski definition) is 1. The smallest absolute Gasteiger partial charge is 0.236 e. The van der Waals surface area contributed by atoms with Gasteiger partial charge in [-0.15, -0.1) is 11.8 Å². The summed E-state index contributed by atoms with van der Waals surface area (Å²) in [5, 5.41) is 3.88. The van der Waals surface area contributed by atoms with Gasteiger partial charge in [-0.05, 0) is 56.7 Å². The van der Waals surface area contributed by atoms with Crippen LogP contribution >= 0.6 is 35.0 Å². The molecule has 6 heteroatoms. The van der Waals surface area contributed by atoms with Gasteiger partial charge in [0.2, 0.25) is 5.91 Å². The van der Waals surface area contributed by atoms with E-state index in [-0.39, 0.29) is 11.7 Å². The Bertz CT molecular complexity index is 699. The molecule has 0 aliphatic heterocycles. The molecule has 1 N–H and O–H groups in total. The average Bonchev–Trinajstić information content (AvgIpc) is 2.52. The van der Waals surface area contributed by atoms with Crippen LogP contribution in [-0.2, 0) is 11.2 Å². The zero-order valence-electron chi connectivity index (χ0n) is 13.4. The molecule has 2 aromatic carbocycles. The van der Waals surface area contributed by atoms with Crippen molar-refractivity contribution >= 4 is 40.9 Å². The Morgan fingerprint density at radius 2 is 1.83 bits per heavy atom. The lowest BCUT2D eigenvalue weighted by molar-refractivity contribution is -0.122. The fourth-order valence-electron chi connectivity index (χ4n) is 2.13. The molecule has 0 saturated heterocycles. The summed E-state index contributed by atoms with van der Waals surface area (Å²) >= 11 is 13.3. The van der Waals surface area contributed by atoms with Crippen LogP contribution in [0.1, 0.15) is 19.4 Å². The van der Waals surface area contributed by atoms with Gasteiger partial charge in [-0.25, -0.2) is 4.39 Å². The van der Waals surface area contributed by atoms with Crippen molar-refractivity contribution < 1.29 is 9.18 Å². The first kappa shape index (κ1) is 19.1. The van der Waals surface area contributed by atoms with Crippen molar-refractivity contribution in [2.75, 3.05) is 6.54 Å². The van der Waals surface area contributed by atoms with Crippen molar-refractivity contribution in [3.63, 3.8) is 0 Å². The number of rotatable bonds is 6. The van der Waals surface area contributed by atoms with Crippen molar-refractivity contribution in [3.8, 4) is 0 Å². The highest BCUT2D eigenvalue weighted by Crippen LogP contribution is 2.33. The van der Waals surface area contributed by atoms with E-state index in [9.17, 15) is 9.18 Å². The third kappa shape index (κ3) is 5.13. The monoisotopic (exact) mass is 385 g/mol. The Balaban J connectivity index is 1.92. The zero-order chi connectivity index (χ0) is 17.7. The Hall–Kier alpha value is -1.23. The number of hydrogen-bond acceptors (Lipinski definition) is 2. The van der Waals surface area contributed by atoms with Gasteiger partial charge in [0, 0.05) is 27.0 Å². The average molecular weight is 386 g/mol. The summed E-state index contributed by atoms with van der Waals surface area (Å²) < 4.78 is 13.1. The van der Waals surface area contributed by atoms with Crippen LogP contribution in [0.25, 0.3) is 0 Å². The Labute approximate surface area is 155 Å². The molecule has 2 rings (SSSR count). The number of amides is 1. The Morgan fingerprint density at radius 1 is 1.17 bits per heavy atom. The number of benzene rings is 2. The minimum absolute atomic E-state index is 0.116. The maximum absolute atomic E-state index is 13.7. The summed E-state index contributed by atoms with van der Waals surface area (Å²) in [7, 11) is 0. The molecular formula is C18H18Cl2FNOS. The van der Waals surface area contributed by atoms with Crippen LogP contribution in [0.4, 0.5) is 4.39 Å². The van der Waals surface area contributed by atoms with Gasteiger partial charge in [0.25, 0.3) is 0 Å². The third-order valence-electron chi connectivity index (χ3n) is 3.46. The molecule has 0 aliphatic rings. The molecule has 24 heavy (non-hydrogen) atoms. The largest absolute Gasteiger partial charge is 0.355 e. The van der Waals surface area contributed by atoms with Crippen LogP contribution in [0.2, 0.25) is 10.0 Å². The van der Waals surface area contributed by atoms with Gasteiger partial charge in [-0.2, -0.15) is 0 Å². The summed E-state index contributed by atoms with van der Waals surface area (Å²) in [6.07, 6.45) is 0.346. The molecule has 0 spiro atoms.